The van der Waals surface area contributed by atoms with E-state index in [-0.39, 0.29) is 11.6 Å². The van der Waals surface area contributed by atoms with Crippen molar-refractivity contribution in [2.45, 2.75) is 51.6 Å². The monoisotopic (exact) mass is 360 g/mol. The maximum atomic E-state index is 12.8. The molecule has 1 aliphatic heterocycles. The van der Waals surface area contributed by atoms with Gasteiger partial charge in [-0.2, -0.15) is 0 Å². The third-order valence-electron chi connectivity index (χ3n) is 5.52. The van der Waals surface area contributed by atoms with Crippen molar-refractivity contribution in [3.05, 3.63) is 28.8 Å². The quantitative estimate of drug-likeness (QED) is 0.818. The molecule has 0 aromatic heterocycles. The molecule has 1 spiro atoms. The fourth-order valence-electron chi connectivity index (χ4n) is 4.03. The van der Waals surface area contributed by atoms with E-state index in [1.165, 1.54) is 13.5 Å². The lowest BCUT2D eigenvalue weighted by Gasteiger charge is -2.44. The van der Waals surface area contributed by atoms with Crippen LogP contribution in [0.1, 0.15) is 53.6 Å². The highest BCUT2D eigenvalue weighted by molar-refractivity contribution is 5.95. The molecular weight excluding hydrogens is 332 g/mol. The number of urea groups is 1. The van der Waals surface area contributed by atoms with Gasteiger partial charge >= 0.3 is 12.0 Å². The van der Waals surface area contributed by atoms with Gasteiger partial charge in [-0.1, -0.05) is 25.3 Å². The third-order valence-corrected chi connectivity index (χ3v) is 5.52. The second-order valence-corrected chi connectivity index (χ2v) is 7.42. The molecule has 0 unspecified atom stereocenters. The number of morpholine rings is 1. The van der Waals surface area contributed by atoms with Crippen molar-refractivity contribution >= 4 is 17.7 Å². The van der Waals surface area contributed by atoms with Crippen molar-refractivity contribution in [2.75, 3.05) is 32.1 Å². The summed E-state index contributed by atoms with van der Waals surface area (Å²) in [7, 11) is 1.36. The van der Waals surface area contributed by atoms with Crippen LogP contribution >= 0.6 is 0 Å². The molecule has 0 atom stereocenters. The largest absolute Gasteiger partial charge is 0.465 e. The van der Waals surface area contributed by atoms with Crippen LogP contribution in [0.15, 0.2) is 12.1 Å². The van der Waals surface area contributed by atoms with Crippen LogP contribution in [0.5, 0.6) is 0 Å². The second-order valence-electron chi connectivity index (χ2n) is 7.42. The SMILES string of the molecule is COC(=O)c1cc(NC(=O)N2CCOC3(CCCCC3)C2)c(C)cc1C. The number of esters is 1. The van der Waals surface area contributed by atoms with E-state index < -0.39 is 5.97 Å². The minimum atomic E-state index is -0.398. The third kappa shape index (κ3) is 3.85. The van der Waals surface area contributed by atoms with Crippen LogP contribution < -0.4 is 5.32 Å². The Labute approximate surface area is 154 Å². The summed E-state index contributed by atoms with van der Waals surface area (Å²) in [6.45, 7) is 5.58. The predicted molar refractivity (Wildman–Crippen MR) is 99.6 cm³/mol. The minimum absolute atomic E-state index is 0.138. The van der Waals surface area contributed by atoms with Crippen LogP contribution in [-0.4, -0.2) is 49.3 Å². The Kier molecular flexibility index (Phi) is 5.51. The molecule has 1 heterocycles. The van der Waals surface area contributed by atoms with Crippen molar-refractivity contribution in [1.29, 1.82) is 0 Å². The summed E-state index contributed by atoms with van der Waals surface area (Å²) in [4.78, 5) is 26.6. The highest BCUT2D eigenvalue weighted by Crippen LogP contribution is 2.34. The molecule has 2 fully saturated rings. The maximum absolute atomic E-state index is 12.8. The van der Waals surface area contributed by atoms with E-state index in [2.05, 4.69) is 5.32 Å². The van der Waals surface area contributed by atoms with Crippen LogP contribution in [0.25, 0.3) is 0 Å². The summed E-state index contributed by atoms with van der Waals surface area (Å²) >= 11 is 0. The maximum Gasteiger partial charge on any atom is 0.338 e. The first-order chi connectivity index (χ1) is 12.4. The normalized spacial score (nSPS) is 19.3. The predicted octanol–water partition coefficient (Wildman–Crippen LogP) is 3.66. The summed E-state index contributed by atoms with van der Waals surface area (Å²) in [5, 5.41) is 2.97. The van der Waals surface area contributed by atoms with Crippen molar-refractivity contribution in [3.63, 3.8) is 0 Å². The first-order valence-corrected chi connectivity index (χ1v) is 9.33. The van der Waals surface area contributed by atoms with Crippen molar-refractivity contribution in [3.8, 4) is 0 Å². The van der Waals surface area contributed by atoms with Gasteiger partial charge in [0.25, 0.3) is 0 Å². The standard InChI is InChI=1S/C20H28N2O4/c1-14-11-15(2)17(12-16(14)18(23)25-3)21-19(24)22-9-10-26-20(13-22)7-5-4-6-8-20/h11-12H,4-10,13H2,1-3H3,(H,21,24). The highest BCUT2D eigenvalue weighted by atomic mass is 16.5. The van der Waals surface area contributed by atoms with Crippen molar-refractivity contribution < 1.29 is 19.1 Å². The summed E-state index contributed by atoms with van der Waals surface area (Å²) in [5.41, 5.74) is 2.70. The fraction of sp³-hybridized carbons (Fsp3) is 0.600. The van der Waals surface area contributed by atoms with Crippen LogP contribution in [0, 0.1) is 13.8 Å². The van der Waals surface area contributed by atoms with Crippen LogP contribution in [0.2, 0.25) is 0 Å². The Morgan fingerprint density at radius 1 is 1.15 bits per heavy atom. The van der Waals surface area contributed by atoms with Crippen molar-refractivity contribution in [1.82, 2.24) is 4.90 Å². The van der Waals surface area contributed by atoms with Crippen LogP contribution in [0.4, 0.5) is 10.5 Å². The molecule has 6 heteroatoms. The average molecular weight is 360 g/mol. The topological polar surface area (TPSA) is 67.9 Å². The Morgan fingerprint density at radius 2 is 1.88 bits per heavy atom. The smallest absolute Gasteiger partial charge is 0.338 e. The molecule has 2 aliphatic rings. The lowest BCUT2D eigenvalue weighted by molar-refractivity contribution is -0.115. The lowest BCUT2D eigenvalue weighted by Crippen LogP contribution is -2.55. The van der Waals surface area contributed by atoms with E-state index >= 15 is 0 Å². The van der Waals surface area contributed by atoms with Gasteiger partial charge in [-0.05, 0) is 43.9 Å². The zero-order valence-electron chi connectivity index (χ0n) is 15.9. The Balaban J connectivity index is 1.74. The van der Waals surface area contributed by atoms with Gasteiger partial charge in [0, 0.05) is 12.2 Å². The van der Waals surface area contributed by atoms with E-state index in [0.717, 1.165) is 36.8 Å². The second kappa shape index (κ2) is 7.66. The number of methoxy groups -OCH3 is 1. The Morgan fingerprint density at radius 3 is 2.58 bits per heavy atom. The van der Waals surface area contributed by atoms with Crippen LogP contribution in [-0.2, 0) is 9.47 Å². The number of aryl methyl sites for hydroxylation is 2. The molecule has 0 bridgehead atoms. The van der Waals surface area contributed by atoms with Gasteiger partial charge < -0.3 is 19.7 Å². The fourth-order valence-corrected chi connectivity index (χ4v) is 4.03. The molecule has 1 aromatic rings. The van der Waals surface area contributed by atoms with Crippen LogP contribution in [0.3, 0.4) is 0 Å². The molecule has 26 heavy (non-hydrogen) atoms. The molecule has 1 aromatic carbocycles. The molecule has 142 valence electrons. The number of amides is 2. The number of rotatable bonds is 2. The molecule has 0 radical (unpaired) electrons. The highest BCUT2D eigenvalue weighted by Gasteiger charge is 2.39. The van der Waals surface area contributed by atoms with E-state index in [9.17, 15) is 9.59 Å². The number of nitrogens with zero attached hydrogens (tertiary/aromatic N) is 1. The Bertz CT molecular complexity index is 690. The summed E-state index contributed by atoms with van der Waals surface area (Å²) < 4.78 is 10.9. The summed E-state index contributed by atoms with van der Waals surface area (Å²) in [6.07, 6.45) is 5.61. The van der Waals surface area contributed by atoms with Gasteiger partial charge in [0.1, 0.15) is 0 Å². The number of anilines is 1. The number of carbonyl (C=O) groups is 2. The lowest BCUT2D eigenvalue weighted by atomic mass is 9.83. The Hall–Kier alpha value is -2.08. The minimum Gasteiger partial charge on any atom is -0.465 e. The first kappa shape index (κ1) is 18.7. The molecule has 6 nitrogen and oxygen atoms in total. The van der Waals surface area contributed by atoms with E-state index in [1.807, 2.05) is 24.8 Å². The average Bonchev–Trinajstić information content (AvgIpc) is 2.64. The van der Waals surface area contributed by atoms with Gasteiger partial charge in [-0.15, -0.1) is 0 Å². The molecule has 1 saturated carbocycles. The summed E-state index contributed by atoms with van der Waals surface area (Å²) in [6, 6.07) is 3.45. The van der Waals surface area contributed by atoms with Gasteiger partial charge in [0.2, 0.25) is 0 Å². The zero-order chi connectivity index (χ0) is 18.7. The molecule has 1 N–H and O–H groups in total. The molecule has 3 rings (SSSR count). The number of benzene rings is 1. The molecule has 2 amide bonds. The van der Waals surface area contributed by atoms with E-state index in [4.69, 9.17) is 9.47 Å². The summed E-state index contributed by atoms with van der Waals surface area (Å²) in [5.74, 6) is -0.398. The number of hydrogen-bond acceptors (Lipinski definition) is 4. The molecule has 1 aliphatic carbocycles. The first-order valence-electron chi connectivity index (χ1n) is 9.33. The van der Waals surface area contributed by atoms with Gasteiger partial charge in [0.05, 0.1) is 31.4 Å². The number of nitrogens with one attached hydrogen (secondary N) is 1. The van der Waals surface area contributed by atoms with E-state index in [0.29, 0.717) is 30.9 Å². The van der Waals surface area contributed by atoms with Crippen molar-refractivity contribution in [2.24, 2.45) is 0 Å². The van der Waals surface area contributed by atoms with Gasteiger partial charge in [0.15, 0.2) is 0 Å². The van der Waals surface area contributed by atoms with Gasteiger partial charge in [-0.25, -0.2) is 9.59 Å². The number of ether oxygens (including phenoxy) is 2. The zero-order valence-corrected chi connectivity index (χ0v) is 15.9. The molecule has 1 saturated heterocycles. The molecular formula is C20H28N2O4. The number of hydrogen-bond donors (Lipinski definition) is 1. The van der Waals surface area contributed by atoms with Gasteiger partial charge in [-0.3, -0.25) is 0 Å². The van der Waals surface area contributed by atoms with E-state index in [1.54, 1.807) is 6.07 Å². The number of carbonyl (C=O) groups excluding carboxylic acids is 2.